The summed E-state index contributed by atoms with van der Waals surface area (Å²) in [5.41, 5.74) is 2.14. The Bertz CT molecular complexity index is 489. The first-order valence-electron chi connectivity index (χ1n) is 4.47. The Morgan fingerprint density at radius 2 is 1.86 bits per heavy atom. The maximum Gasteiger partial charge on any atom is 0.0734 e. The van der Waals surface area contributed by atoms with Gasteiger partial charge in [0.1, 0.15) is 0 Å². The molecular formula is C12H11NO. The molecule has 2 heteroatoms. The van der Waals surface area contributed by atoms with E-state index >= 15 is 0 Å². The molecule has 0 aliphatic carbocycles. The Morgan fingerprint density at radius 3 is 2.64 bits per heavy atom. The number of aryl methyl sites for hydroxylation is 1. The van der Waals surface area contributed by atoms with Crippen molar-refractivity contribution in [1.82, 2.24) is 0 Å². The second-order valence-electron chi connectivity index (χ2n) is 3.35. The lowest BCUT2D eigenvalue weighted by molar-refractivity contribution is 0.322. The summed E-state index contributed by atoms with van der Waals surface area (Å²) >= 11 is 0. The fourth-order valence-electron chi connectivity index (χ4n) is 1.53. The monoisotopic (exact) mass is 185 g/mol. The van der Waals surface area contributed by atoms with Crippen molar-refractivity contribution in [2.75, 3.05) is 0 Å². The first kappa shape index (κ1) is 8.75. The number of nitrogens with zero attached hydrogens (tertiary/aromatic N) is 1. The van der Waals surface area contributed by atoms with Crippen molar-refractivity contribution in [3.63, 3.8) is 0 Å². The smallest absolute Gasteiger partial charge is 0.0734 e. The highest BCUT2D eigenvalue weighted by Crippen LogP contribution is 2.16. The molecule has 1 N–H and O–H groups in total. The molecule has 70 valence electrons. The summed E-state index contributed by atoms with van der Waals surface area (Å²) < 4.78 is 0. The van der Waals surface area contributed by atoms with Crippen LogP contribution >= 0.6 is 0 Å². The van der Waals surface area contributed by atoms with Crippen molar-refractivity contribution in [2.24, 2.45) is 5.16 Å². The molecule has 2 nitrogen and oxygen atoms in total. The highest BCUT2D eigenvalue weighted by molar-refractivity contribution is 5.90. The standard InChI is InChI=1S/C12H11NO/c1-9-2-4-11-5-3-10(8-13-14)7-12(11)6-9/h2-8,14H,1H3. The molecule has 2 aromatic carbocycles. The second-order valence-corrected chi connectivity index (χ2v) is 3.35. The minimum absolute atomic E-state index is 0.908. The average Bonchev–Trinajstić information content (AvgIpc) is 2.17. The van der Waals surface area contributed by atoms with Crippen LogP contribution in [0.25, 0.3) is 10.8 Å². The van der Waals surface area contributed by atoms with E-state index in [2.05, 4.69) is 30.3 Å². The number of fused-ring (bicyclic) bond motifs is 1. The van der Waals surface area contributed by atoms with Crippen molar-refractivity contribution in [3.05, 3.63) is 47.5 Å². The zero-order chi connectivity index (χ0) is 9.97. The molecule has 0 aliphatic rings. The van der Waals surface area contributed by atoms with Gasteiger partial charge >= 0.3 is 0 Å². The molecule has 0 saturated heterocycles. The SMILES string of the molecule is Cc1ccc2ccc(C=NO)cc2c1. The van der Waals surface area contributed by atoms with Crippen LogP contribution in [0.5, 0.6) is 0 Å². The van der Waals surface area contributed by atoms with Gasteiger partial charge in [0.05, 0.1) is 6.21 Å². The van der Waals surface area contributed by atoms with Crippen LogP contribution in [0.4, 0.5) is 0 Å². The molecule has 0 atom stereocenters. The van der Waals surface area contributed by atoms with Gasteiger partial charge in [0.25, 0.3) is 0 Å². The molecule has 0 amide bonds. The lowest BCUT2D eigenvalue weighted by atomic mass is 10.1. The van der Waals surface area contributed by atoms with Gasteiger partial charge in [0.15, 0.2) is 0 Å². The molecular weight excluding hydrogens is 174 g/mol. The predicted molar refractivity (Wildman–Crippen MR) is 58.1 cm³/mol. The molecule has 0 aromatic heterocycles. The summed E-state index contributed by atoms with van der Waals surface area (Å²) in [6, 6.07) is 12.2. The Morgan fingerprint density at radius 1 is 1.07 bits per heavy atom. The van der Waals surface area contributed by atoms with E-state index in [0.29, 0.717) is 0 Å². The molecule has 2 aromatic rings. The van der Waals surface area contributed by atoms with Gasteiger partial charge in [-0.1, -0.05) is 41.1 Å². The maximum atomic E-state index is 8.42. The van der Waals surface area contributed by atoms with Crippen LogP contribution in [0.2, 0.25) is 0 Å². The van der Waals surface area contributed by atoms with Gasteiger partial charge in [-0.2, -0.15) is 0 Å². The molecule has 14 heavy (non-hydrogen) atoms. The van der Waals surface area contributed by atoms with Crippen LogP contribution in [-0.2, 0) is 0 Å². The minimum Gasteiger partial charge on any atom is -0.411 e. The predicted octanol–water partition coefficient (Wildman–Crippen LogP) is 2.96. The van der Waals surface area contributed by atoms with Crippen LogP contribution in [0, 0.1) is 6.92 Å². The van der Waals surface area contributed by atoms with Crippen molar-refractivity contribution in [2.45, 2.75) is 6.92 Å². The summed E-state index contributed by atoms with van der Waals surface area (Å²) in [5, 5.41) is 13.8. The van der Waals surface area contributed by atoms with E-state index in [-0.39, 0.29) is 0 Å². The maximum absolute atomic E-state index is 8.42. The molecule has 0 spiro atoms. The van der Waals surface area contributed by atoms with Crippen molar-refractivity contribution >= 4 is 17.0 Å². The first-order valence-corrected chi connectivity index (χ1v) is 4.47. The van der Waals surface area contributed by atoms with Gasteiger partial charge in [-0.3, -0.25) is 0 Å². The first-order chi connectivity index (χ1) is 6.79. The summed E-state index contributed by atoms with van der Waals surface area (Å²) in [5.74, 6) is 0. The lowest BCUT2D eigenvalue weighted by Crippen LogP contribution is -1.82. The van der Waals surface area contributed by atoms with E-state index in [9.17, 15) is 0 Å². The molecule has 0 aliphatic heterocycles. The molecule has 0 radical (unpaired) electrons. The second kappa shape index (κ2) is 3.50. The van der Waals surface area contributed by atoms with Crippen LogP contribution in [0.15, 0.2) is 41.6 Å². The quantitative estimate of drug-likeness (QED) is 0.413. The zero-order valence-corrected chi connectivity index (χ0v) is 7.94. The normalized spacial score (nSPS) is 11.2. The number of rotatable bonds is 1. The van der Waals surface area contributed by atoms with Gasteiger partial charge in [0.2, 0.25) is 0 Å². The van der Waals surface area contributed by atoms with Crippen molar-refractivity contribution < 1.29 is 5.21 Å². The third kappa shape index (κ3) is 1.59. The van der Waals surface area contributed by atoms with E-state index in [4.69, 9.17) is 5.21 Å². The van der Waals surface area contributed by atoms with Gasteiger partial charge in [-0.25, -0.2) is 0 Å². The molecule has 0 saturated carbocycles. The zero-order valence-electron chi connectivity index (χ0n) is 7.94. The van der Waals surface area contributed by atoms with Crippen molar-refractivity contribution in [3.8, 4) is 0 Å². The highest BCUT2D eigenvalue weighted by Gasteiger charge is 1.94. The van der Waals surface area contributed by atoms with Gasteiger partial charge < -0.3 is 5.21 Å². The number of hydrogen-bond acceptors (Lipinski definition) is 2. The summed E-state index contributed by atoms with van der Waals surface area (Å²) in [6.07, 6.45) is 1.43. The van der Waals surface area contributed by atoms with E-state index in [0.717, 1.165) is 5.56 Å². The summed E-state index contributed by atoms with van der Waals surface area (Å²) in [6.45, 7) is 2.06. The summed E-state index contributed by atoms with van der Waals surface area (Å²) in [7, 11) is 0. The number of oxime groups is 1. The van der Waals surface area contributed by atoms with E-state index in [1.54, 1.807) is 0 Å². The average molecular weight is 185 g/mol. The summed E-state index contributed by atoms with van der Waals surface area (Å²) in [4.78, 5) is 0. The van der Waals surface area contributed by atoms with Crippen LogP contribution in [0.1, 0.15) is 11.1 Å². The molecule has 0 bridgehead atoms. The fourth-order valence-corrected chi connectivity index (χ4v) is 1.53. The highest BCUT2D eigenvalue weighted by atomic mass is 16.4. The van der Waals surface area contributed by atoms with Crippen LogP contribution in [0.3, 0.4) is 0 Å². The molecule has 0 unspecified atom stereocenters. The fraction of sp³-hybridized carbons (Fsp3) is 0.0833. The van der Waals surface area contributed by atoms with E-state index in [1.807, 2.05) is 18.2 Å². The molecule has 2 rings (SSSR count). The lowest BCUT2D eigenvalue weighted by Gasteiger charge is -2.00. The third-order valence-electron chi connectivity index (χ3n) is 2.23. The van der Waals surface area contributed by atoms with Crippen molar-refractivity contribution in [1.29, 1.82) is 0 Å². The van der Waals surface area contributed by atoms with Crippen LogP contribution < -0.4 is 0 Å². The van der Waals surface area contributed by atoms with Gasteiger partial charge in [-0.15, -0.1) is 0 Å². The van der Waals surface area contributed by atoms with E-state index in [1.165, 1.54) is 22.6 Å². The third-order valence-corrected chi connectivity index (χ3v) is 2.23. The molecule has 0 fully saturated rings. The van der Waals surface area contributed by atoms with Gasteiger partial charge in [-0.05, 0) is 29.3 Å². The van der Waals surface area contributed by atoms with Gasteiger partial charge in [0, 0.05) is 0 Å². The Labute approximate surface area is 82.5 Å². The number of hydrogen-bond donors (Lipinski definition) is 1. The van der Waals surface area contributed by atoms with Crippen LogP contribution in [-0.4, -0.2) is 11.4 Å². The minimum atomic E-state index is 0.908. The Balaban J connectivity index is 2.63. The topological polar surface area (TPSA) is 32.6 Å². The Kier molecular flexibility index (Phi) is 2.19. The van der Waals surface area contributed by atoms with E-state index < -0.39 is 0 Å². The number of benzene rings is 2. The Hall–Kier alpha value is -1.83. The largest absolute Gasteiger partial charge is 0.411 e. The molecule has 0 heterocycles.